The lowest BCUT2D eigenvalue weighted by atomic mass is 9.97. The fourth-order valence-electron chi connectivity index (χ4n) is 2.37. The maximum Gasteiger partial charge on any atom is 0.153 e. The first-order valence-electron chi connectivity index (χ1n) is 6.43. The van der Waals surface area contributed by atoms with E-state index in [1.54, 1.807) is 0 Å². The van der Waals surface area contributed by atoms with Crippen molar-refractivity contribution < 1.29 is 0 Å². The summed E-state index contributed by atoms with van der Waals surface area (Å²) < 4.78 is 0.936. The Kier molecular flexibility index (Phi) is 3.74. The van der Waals surface area contributed by atoms with Gasteiger partial charge in [0.1, 0.15) is 0 Å². The average molecular weight is 363 g/mol. The van der Waals surface area contributed by atoms with Crippen LogP contribution in [0.3, 0.4) is 0 Å². The van der Waals surface area contributed by atoms with Crippen LogP contribution in [0.25, 0.3) is 22.4 Å². The lowest BCUT2D eigenvalue weighted by Gasteiger charge is -2.09. The highest BCUT2D eigenvalue weighted by atomic mass is 79.9. The van der Waals surface area contributed by atoms with Crippen LogP contribution >= 0.6 is 27.5 Å². The van der Waals surface area contributed by atoms with Crippen LogP contribution in [0.2, 0.25) is 5.02 Å². The Morgan fingerprint density at radius 1 is 1.14 bits per heavy atom. The molecule has 3 rings (SSSR count). The molecule has 0 unspecified atom stereocenters. The minimum Gasteiger partial charge on any atom is -0.382 e. The number of nitrogens with two attached hydrogens (primary N) is 1. The lowest BCUT2D eigenvalue weighted by Crippen LogP contribution is -1.91. The van der Waals surface area contributed by atoms with E-state index in [4.69, 9.17) is 17.3 Å². The number of rotatable bonds is 2. The van der Waals surface area contributed by atoms with Gasteiger partial charge in [-0.2, -0.15) is 5.10 Å². The largest absolute Gasteiger partial charge is 0.382 e. The van der Waals surface area contributed by atoms with Crippen molar-refractivity contribution in [2.45, 2.75) is 6.92 Å². The molecular weight excluding hydrogens is 350 g/mol. The number of aryl methyl sites for hydroxylation is 1. The molecule has 0 fully saturated rings. The van der Waals surface area contributed by atoms with Gasteiger partial charge in [0.2, 0.25) is 0 Å². The van der Waals surface area contributed by atoms with Crippen LogP contribution < -0.4 is 5.73 Å². The monoisotopic (exact) mass is 361 g/mol. The number of H-pyrrole nitrogens is 1. The molecule has 2 aromatic carbocycles. The van der Waals surface area contributed by atoms with E-state index in [1.165, 1.54) is 0 Å². The number of nitrogens with one attached hydrogen (secondary N) is 1. The summed E-state index contributed by atoms with van der Waals surface area (Å²) in [4.78, 5) is 0. The number of aromatic amines is 1. The van der Waals surface area contributed by atoms with Gasteiger partial charge in [-0.15, -0.1) is 0 Å². The molecule has 0 aliphatic heterocycles. The molecule has 0 aliphatic rings. The van der Waals surface area contributed by atoms with E-state index in [-0.39, 0.29) is 0 Å². The molecular formula is C16H13BrClN3. The average Bonchev–Trinajstić information content (AvgIpc) is 2.84. The molecule has 0 saturated carbocycles. The molecule has 0 saturated heterocycles. The van der Waals surface area contributed by atoms with Crippen molar-refractivity contribution in [2.24, 2.45) is 0 Å². The van der Waals surface area contributed by atoms with Crippen LogP contribution in [0.4, 0.5) is 5.82 Å². The van der Waals surface area contributed by atoms with E-state index < -0.39 is 0 Å². The predicted molar refractivity (Wildman–Crippen MR) is 91.3 cm³/mol. The number of nitrogen functional groups attached to an aromatic ring is 1. The van der Waals surface area contributed by atoms with Gasteiger partial charge < -0.3 is 5.73 Å². The number of aromatic nitrogens is 2. The van der Waals surface area contributed by atoms with E-state index in [9.17, 15) is 0 Å². The zero-order valence-corrected chi connectivity index (χ0v) is 13.7. The first-order chi connectivity index (χ1) is 10.1. The summed E-state index contributed by atoms with van der Waals surface area (Å²) in [7, 11) is 0. The topological polar surface area (TPSA) is 54.7 Å². The predicted octanol–water partition coefficient (Wildman–Crippen LogP) is 5.05. The Morgan fingerprint density at radius 3 is 2.67 bits per heavy atom. The molecule has 3 N–H and O–H groups in total. The second kappa shape index (κ2) is 5.54. The highest BCUT2D eigenvalue weighted by Crippen LogP contribution is 2.39. The van der Waals surface area contributed by atoms with Gasteiger partial charge in [-0.3, -0.25) is 5.10 Å². The van der Waals surface area contributed by atoms with Gasteiger partial charge in [-0.25, -0.2) is 0 Å². The Morgan fingerprint density at radius 2 is 1.90 bits per heavy atom. The molecule has 5 heteroatoms. The Balaban J connectivity index is 2.27. The lowest BCUT2D eigenvalue weighted by molar-refractivity contribution is 1.10. The number of benzene rings is 2. The summed E-state index contributed by atoms with van der Waals surface area (Å²) in [5.74, 6) is 0.478. The van der Waals surface area contributed by atoms with Crippen molar-refractivity contribution in [1.82, 2.24) is 10.2 Å². The number of hydrogen-bond donors (Lipinski definition) is 2. The highest BCUT2D eigenvalue weighted by molar-refractivity contribution is 9.10. The van der Waals surface area contributed by atoms with Gasteiger partial charge in [-0.05, 0) is 36.2 Å². The highest BCUT2D eigenvalue weighted by Gasteiger charge is 2.18. The maximum absolute atomic E-state index is 6.12. The summed E-state index contributed by atoms with van der Waals surface area (Å²) in [5.41, 5.74) is 11.0. The molecule has 1 heterocycles. The molecule has 0 amide bonds. The van der Waals surface area contributed by atoms with Crippen molar-refractivity contribution in [3.05, 3.63) is 57.5 Å². The van der Waals surface area contributed by atoms with Crippen molar-refractivity contribution >= 4 is 33.3 Å². The summed E-state index contributed by atoms with van der Waals surface area (Å²) in [6, 6.07) is 13.7. The Hall–Kier alpha value is -1.78. The van der Waals surface area contributed by atoms with E-state index in [0.717, 1.165) is 32.4 Å². The van der Waals surface area contributed by atoms with E-state index in [1.807, 2.05) is 36.4 Å². The van der Waals surface area contributed by atoms with Crippen LogP contribution in [-0.2, 0) is 0 Å². The molecule has 3 nitrogen and oxygen atoms in total. The SMILES string of the molecule is Cc1ccccc1-c1c(N)n[nH]c1-c1cc(Cl)ccc1Br. The molecule has 21 heavy (non-hydrogen) atoms. The van der Waals surface area contributed by atoms with Gasteiger partial charge in [0.05, 0.1) is 11.3 Å². The van der Waals surface area contributed by atoms with Gasteiger partial charge in [0.25, 0.3) is 0 Å². The second-order valence-corrected chi connectivity index (χ2v) is 6.09. The minimum atomic E-state index is 0.478. The van der Waals surface area contributed by atoms with E-state index in [2.05, 4.69) is 39.1 Å². The number of halogens is 2. The zero-order valence-electron chi connectivity index (χ0n) is 11.3. The fraction of sp³-hybridized carbons (Fsp3) is 0.0625. The second-order valence-electron chi connectivity index (χ2n) is 4.80. The van der Waals surface area contributed by atoms with Crippen molar-refractivity contribution in [3.8, 4) is 22.4 Å². The van der Waals surface area contributed by atoms with Gasteiger partial charge in [-0.1, -0.05) is 51.8 Å². The van der Waals surface area contributed by atoms with Gasteiger partial charge in [0.15, 0.2) is 5.82 Å². The quantitative estimate of drug-likeness (QED) is 0.670. The number of hydrogen-bond acceptors (Lipinski definition) is 2. The number of anilines is 1. The maximum atomic E-state index is 6.12. The molecule has 0 bridgehead atoms. The van der Waals surface area contributed by atoms with Crippen molar-refractivity contribution in [2.75, 3.05) is 5.73 Å². The Bertz CT molecular complexity index is 811. The number of nitrogens with zero attached hydrogens (tertiary/aromatic N) is 1. The van der Waals surface area contributed by atoms with Crippen LogP contribution in [0.1, 0.15) is 5.56 Å². The molecule has 0 radical (unpaired) electrons. The molecule has 0 aliphatic carbocycles. The first kappa shape index (κ1) is 14.2. The zero-order chi connectivity index (χ0) is 15.0. The molecule has 1 aromatic heterocycles. The third-order valence-electron chi connectivity index (χ3n) is 3.41. The van der Waals surface area contributed by atoms with E-state index in [0.29, 0.717) is 10.8 Å². The van der Waals surface area contributed by atoms with E-state index >= 15 is 0 Å². The third-order valence-corrected chi connectivity index (χ3v) is 4.33. The molecule has 0 spiro atoms. The van der Waals surface area contributed by atoms with Crippen LogP contribution in [0, 0.1) is 6.92 Å². The molecule has 3 aromatic rings. The smallest absolute Gasteiger partial charge is 0.153 e. The molecule has 0 atom stereocenters. The summed E-state index contributed by atoms with van der Waals surface area (Å²) >= 11 is 9.67. The Labute approximate surface area is 136 Å². The van der Waals surface area contributed by atoms with Crippen LogP contribution in [0.5, 0.6) is 0 Å². The molecule has 106 valence electrons. The van der Waals surface area contributed by atoms with Crippen LogP contribution in [0.15, 0.2) is 46.9 Å². The fourth-order valence-corrected chi connectivity index (χ4v) is 2.98. The summed E-state index contributed by atoms with van der Waals surface area (Å²) in [5, 5.41) is 7.85. The van der Waals surface area contributed by atoms with Gasteiger partial charge >= 0.3 is 0 Å². The first-order valence-corrected chi connectivity index (χ1v) is 7.60. The van der Waals surface area contributed by atoms with Crippen molar-refractivity contribution in [1.29, 1.82) is 0 Å². The normalized spacial score (nSPS) is 10.8. The third kappa shape index (κ3) is 2.57. The standard InChI is InChI=1S/C16H13BrClN3/c1-9-4-2-3-5-11(9)14-15(20-21-16(14)19)12-8-10(18)6-7-13(12)17/h2-8H,1H3,(H3,19,20,21). The van der Waals surface area contributed by atoms with Crippen molar-refractivity contribution in [3.63, 3.8) is 0 Å². The minimum absolute atomic E-state index is 0.478. The van der Waals surface area contributed by atoms with Gasteiger partial charge in [0, 0.05) is 15.1 Å². The summed E-state index contributed by atoms with van der Waals surface area (Å²) in [6.07, 6.45) is 0. The van der Waals surface area contributed by atoms with Crippen LogP contribution in [-0.4, -0.2) is 10.2 Å². The summed E-state index contributed by atoms with van der Waals surface area (Å²) in [6.45, 7) is 2.05.